The zero-order valence-electron chi connectivity index (χ0n) is 26.6. The monoisotopic (exact) mass is 708 g/mol. The van der Waals surface area contributed by atoms with Crippen molar-refractivity contribution in [2.24, 2.45) is 0 Å². The molecule has 0 unspecified atom stereocenters. The molecule has 254 valence electrons. The van der Waals surface area contributed by atoms with Gasteiger partial charge in [0.15, 0.2) is 0 Å². The minimum atomic E-state index is -2.42. The number of carbonyl (C=O) groups is 1. The first kappa shape index (κ1) is 33.3. The highest BCUT2D eigenvalue weighted by Gasteiger charge is 2.30. The minimum Gasteiger partial charge on any atom is -0.490 e. The molecule has 49 heavy (non-hydrogen) atoms. The van der Waals surface area contributed by atoms with Crippen molar-refractivity contribution >= 4 is 38.7 Å². The Morgan fingerprint density at radius 1 is 1.02 bits per heavy atom. The Bertz CT molecular complexity index is 2060. The number of methoxy groups -OCH3 is 1. The molecule has 7 rings (SSSR count). The zero-order valence-corrected chi connectivity index (χ0v) is 28.2. The highest BCUT2D eigenvalue weighted by Crippen LogP contribution is 2.48. The second-order valence-corrected chi connectivity index (χ2v) is 13.9. The summed E-state index contributed by atoms with van der Waals surface area (Å²) in [6.45, 7) is 5.40. The number of hydrogen-bond donors (Lipinski definition) is 0. The van der Waals surface area contributed by atoms with Crippen LogP contribution in [0.15, 0.2) is 54.4 Å². The Labute approximate surface area is 288 Å². The molecule has 2 aliphatic rings. The van der Waals surface area contributed by atoms with E-state index in [1.807, 2.05) is 29.6 Å². The fourth-order valence-corrected chi connectivity index (χ4v) is 8.57. The van der Waals surface area contributed by atoms with Crippen molar-refractivity contribution in [2.45, 2.75) is 32.4 Å². The minimum absolute atomic E-state index is 0.0111. The van der Waals surface area contributed by atoms with Gasteiger partial charge in [0.05, 0.1) is 36.6 Å². The van der Waals surface area contributed by atoms with E-state index in [0.717, 1.165) is 44.8 Å². The normalized spacial score (nSPS) is 14.7. The smallest absolute Gasteiger partial charge is 0.251 e. The molecule has 0 spiro atoms. The van der Waals surface area contributed by atoms with Crippen molar-refractivity contribution in [1.29, 1.82) is 0 Å². The van der Waals surface area contributed by atoms with Crippen LogP contribution >= 0.6 is 22.7 Å². The van der Waals surface area contributed by atoms with Gasteiger partial charge in [-0.2, -0.15) is 0 Å². The maximum absolute atomic E-state index is 16.1. The molecule has 2 aliphatic heterocycles. The van der Waals surface area contributed by atoms with Crippen LogP contribution in [0.2, 0.25) is 0 Å². The van der Waals surface area contributed by atoms with E-state index in [0.29, 0.717) is 65.7 Å². The van der Waals surface area contributed by atoms with E-state index in [2.05, 4.69) is 6.58 Å². The largest absolute Gasteiger partial charge is 0.490 e. The van der Waals surface area contributed by atoms with Gasteiger partial charge >= 0.3 is 0 Å². The fourth-order valence-electron chi connectivity index (χ4n) is 6.50. The molecule has 1 amide bonds. The van der Waals surface area contributed by atoms with Gasteiger partial charge in [-0.25, -0.2) is 27.5 Å². The van der Waals surface area contributed by atoms with Crippen LogP contribution in [0.25, 0.3) is 43.2 Å². The van der Waals surface area contributed by atoms with Gasteiger partial charge in [0.1, 0.15) is 34.7 Å². The highest BCUT2D eigenvalue weighted by atomic mass is 32.1. The predicted molar refractivity (Wildman–Crippen MR) is 183 cm³/mol. The number of thiophene rings is 1. The van der Waals surface area contributed by atoms with Crippen LogP contribution in [0.5, 0.6) is 5.75 Å². The first-order valence-electron chi connectivity index (χ1n) is 15.8. The van der Waals surface area contributed by atoms with Crippen molar-refractivity contribution < 1.29 is 31.8 Å². The van der Waals surface area contributed by atoms with E-state index in [1.165, 1.54) is 35.9 Å². The molecule has 0 aliphatic carbocycles. The summed E-state index contributed by atoms with van der Waals surface area (Å²) in [6, 6.07) is 9.90. The van der Waals surface area contributed by atoms with E-state index < -0.39 is 18.1 Å². The van der Waals surface area contributed by atoms with E-state index in [4.69, 9.17) is 19.4 Å². The van der Waals surface area contributed by atoms with Gasteiger partial charge < -0.3 is 14.4 Å². The molecule has 0 N–H and O–H groups in total. The lowest BCUT2D eigenvalue weighted by Gasteiger charge is -2.28. The second kappa shape index (κ2) is 14.0. The molecule has 0 saturated carbocycles. The van der Waals surface area contributed by atoms with Crippen LogP contribution in [-0.2, 0) is 35.5 Å². The first-order valence-corrected chi connectivity index (χ1v) is 17.5. The molecule has 0 fully saturated rings. The number of carbonyl (C=O) groups excluding carboxylic acids is 1. The lowest BCUT2D eigenvalue weighted by molar-refractivity contribution is -0.126. The first-order chi connectivity index (χ1) is 23.7. The molecule has 0 radical (unpaired) electrons. The number of aromatic nitrogens is 2. The van der Waals surface area contributed by atoms with Crippen LogP contribution in [0.4, 0.5) is 17.6 Å². The predicted octanol–water partition coefficient (Wildman–Crippen LogP) is 7.75. The van der Waals surface area contributed by atoms with Crippen LogP contribution in [0.3, 0.4) is 0 Å². The third-order valence-electron chi connectivity index (χ3n) is 8.81. The molecular formula is C36H32F4N4O3S2. The standard InChI is InChI=1S/C36H32F4N4O3S2/c1-3-30(45)44-10-7-26-28(18-44)49-36(41-26)34-32(31-25(38)15-23(37)16-27(31)47-12-11-46-2)35-24(8-13-48-35)33(42-34)21-5-4-20-6-9-43(19-29(39)40)17-22(20)14-21/h3-5,8,13-16,29H,1,6-7,9-12,17-19H2,2H3. The van der Waals surface area contributed by atoms with Crippen molar-refractivity contribution in [3.8, 4) is 38.8 Å². The molecule has 0 saturated heterocycles. The second-order valence-electron chi connectivity index (χ2n) is 11.9. The number of hydrogen-bond acceptors (Lipinski definition) is 8. The summed E-state index contributed by atoms with van der Waals surface area (Å²) in [6.07, 6.45) is 0.0651. The number of ether oxygens (including phenoxy) is 2. The number of rotatable bonds is 10. The van der Waals surface area contributed by atoms with Crippen molar-refractivity contribution in [3.05, 3.63) is 87.8 Å². The van der Waals surface area contributed by atoms with Crippen LogP contribution in [0, 0.1) is 11.6 Å². The molecule has 2 aromatic carbocycles. The summed E-state index contributed by atoms with van der Waals surface area (Å²) in [7, 11) is 1.51. The quantitative estimate of drug-likeness (QED) is 0.0840. The molecule has 5 heterocycles. The lowest BCUT2D eigenvalue weighted by atomic mass is 9.94. The van der Waals surface area contributed by atoms with E-state index in [9.17, 15) is 18.0 Å². The molecule has 0 atom stereocenters. The van der Waals surface area contributed by atoms with Gasteiger partial charge in [0, 0.05) is 71.4 Å². The average molecular weight is 709 g/mol. The maximum atomic E-state index is 16.1. The Balaban J connectivity index is 1.43. The Morgan fingerprint density at radius 2 is 1.88 bits per heavy atom. The van der Waals surface area contributed by atoms with E-state index in [1.54, 1.807) is 9.80 Å². The topological polar surface area (TPSA) is 67.8 Å². The summed E-state index contributed by atoms with van der Waals surface area (Å²) in [4.78, 5) is 27.0. The molecule has 13 heteroatoms. The fraction of sp³-hybridized carbons (Fsp3) is 0.306. The molecule has 5 aromatic rings. The Hall–Kier alpha value is -4.17. The summed E-state index contributed by atoms with van der Waals surface area (Å²) in [5, 5.41) is 3.17. The van der Waals surface area contributed by atoms with Gasteiger partial charge in [0.2, 0.25) is 5.91 Å². The van der Waals surface area contributed by atoms with E-state index >= 15 is 4.39 Å². The van der Waals surface area contributed by atoms with Crippen LogP contribution in [0.1, 0.15) is 21.7 Å². The van der Waals surface area contributed by atoms with Gasteiger partial charge in [-0.15, -0.1) is 22.7 Å². The van der Waals surface area contributed by atoms with Gasteiger partial charge in [-0.1, -0.05) is 18.7 Å². The van der Waals surface area contributed by atoms with Crippen molar-refractivity contribution in [2.75, 3.05) is 40.0 Å². The Morgan fingerprint density at radius 3 is 2.67 bits per heavy atom. The number of thiazole rings is 1. The SMILES string of the molecule is C=CC(=O)N1CCc2nc(-c3nc(-c4ccc5c(c4)CN(CC(F)F)CC5)c4ccsc4c3-c3c(F)cc(F)cc3OCCOC)sc2C1. The molecule has 0 bridgehead atoms. The molecular weight excluding hydrogens is 677 g/mol. The third kappa shape index (κ3) is 6.60. The number of nitrogens with zero attached hydrogens (tertiary/aromatic N) is 4. The number of benzene rings is 2. The number of pyridine rings is 1. The van der Waals surface area contributed by atoms with Crippen LogP contribution < -0.4 is 4.74 Å². The summed E-state index contributed by atoms with van der Waals surface area (Å²) >= 11 is 2.77. The molecule has 7 nitrogen and oxygen atoms in total. The summed E-state index contributed by atoms with van der Waals surface area (Å²) in [5.74, 6) is -1.76. The number of alkyl halides is 2. The third-order valence-corrected chi connectivity index (χ3v) is 10.8. The van der Waals surface area contributed by atoms with Crippen molar-refractivity contribution in [3.63, 3.8) is 0 Å². The molecule has 3 aromatic heterocycles. The average Bonchev–Trinajstić information content (AvgIpc) is 3.74. The van der Waals surface area contributed by atoms with Gasteiger partial charge in [-0.05, 0) is 41.1 Å². The lowest BCUT2D eigenvalue weighted by Crippen LogP contribution is -2.34. The van der Waals surface area contributed by atoms with Crippen LogP contribution in [-0.4, -0.2) is 72.1 Å². The highest BCUT2D eigenvalue weighted by molar-refractivity contribution is 7.18. The zero-order chi connectivity index (χ0) is 34.2. The number of fused-ring (bicyclic) bond motifs is 3. The maximum Gasteiger partial charge on any atom is 0.251 e. The number of amides is 1. The number of halogens is 4. The summed E-state index contributed by atoms with van der Waals surface area (Å²) in [5.41, 5.74) is 5.18. The van der Waals surface area contributed by atoms with Crippen molar-refractivity contribution in [1.82, 2.24) is 19.8 Å². The van der Waals surface area contributed by atoms with Gasteiger partial charge in [-0.3, -0.25) is 9.69 Å². The summed E-state index contributed by atoms with van der Waals surface area (Å²) < 4.78 is 69.0. The van der Waals surface area contributed by atoms with E-state index in [-0.39, 0.29) is 37.0 Å². The van der Waals surface area contributed by atoms with Gasteiger partial charge in [0.25, 0.3) is 6.43 Å². The Kier molecular flexibility index (Phi) is 9.51.